The van der Waals surface area contributed by atoms with Gasteiger partial charge in [-0.05, 0) is 49.4 Å². The summed E-state index contributed by atoms with van der Waals surface area (Å²) >= 11 is 0. The molecule has 0 amide bonds. The van der Waals surface area contributed by atoms with Crippen LogP contribution in [0.4, 0.5) is 0 Å². The van der Waals surface area contributed by atoms with Crippen molar-refractivity contribution in [3.8, 4) is 5.75 Å². The Kier molecular flexibility index (Phi) is 3.27. The first-order valence-corrected chi connectivity index (χ1v) is 7.42. The standard InChI is InChI=1S/C17H20O4/c1-8-7-14(20-11(4)18)10(3)15-12(8)5-6-13-9(2)17(19)21-16(13)15/h7,9,13,16H,5-6H2,1-4H3/t9-,13+,16+/m1/s1. The van der Waals surface area contributed by atoms with E-state index in [0.717, 1.165) is 29.5 Å². The van der Waals surface area contributed by atoms with Crippen molar-refractivity contribution >= 4 is 11.9 Å². The van der Waals surface area contributed by atoms with Crippen molar-refractivity contribution < 1.29 is 19.1 Å². The molecule has 1 fully saturated rings. The second-order valence-corrected chi connectivity index (χ2v) is 6.15. The van der Waals surface area contributed by atoms with Crippen LogP contribution in [0.15, 0.2) is 6.07 Å². The number of esters is 2. The van der Waals surface area contributed by atoms with Gasteiger partial charge in [0, 0.05) is 18.4 Å². The van der Waals surface area contributed by atoms with Crippen molar-refractivity contribution in [1.29, 1.82) is 0 Å². The minimum absolute atomic E-state index is 0.0553. The van der Waals surface area contributed by atoms with E-state index in [2.05, 4.69) is 0 Å². The van der Waals surface area contributed by atoms with Crippen molar-refractivity contribution in [3.05, 3.63) is 28.3 Å². The molecule has 3 rings (SSSR count). The number of hydrogen-bond acceptors (Lipinski definition) is 4. The van der Waals surface area contributed by atoms with Gasteiger partial charge in [0.2, 0.25) is 0 Å². The van der Waals surface area contributed by atoms with Gasteiger partial charge in [-0.2, -0.15) is 0 Å². The molecule has 1 aromatic rings. The maximum atomic E-state index is 11.9. The highest BCUT2D eigenvalue weighted by atomic mass is 16.6. The molecule has 0 radical (unpaired) electrons. The highest BCUT2D eigenvalue weighted by Gasteiger charge is 2.46. The molecule has 112 valence electrons. The number of carbonyl (C=O) groups is 2. The van der Waals surface area contributed by atoms with Gasteiger partial charge in [-0.25, -0.2) is 0 Å². The highest BCUT2D eigenvalue weighted by Crippen LogP contribution is 2.49. The Morgan fingerprint density at radius 1 is 1.38 bits per heavy atom. The van der Waals surface area contributed by atoms with Gasteiger partial charge in [-0.15, -0.1) is 0 Å². The van der Waals surface area contributed by atoms with E-state index in [9.17, 15) is 9.59 Å². The van der Waals surface area contributed by atoms with E-state index < -0.39 is 0 Å². The van der Waals surface area contributed by atoms with Gasteiger partial charge < -0.3 is 9.47 Å². The van der Waals surface area contributed by atoms with E-state index in [1.165, 1.54) is 12.5 Å². The van der Waals surface area contributed by atoms with Gasteiger partial charge in [-0.3, -0.25) is 9.59 Å². The van der Waals surface area contributed by atoms with E-state index in [4.69, 9.17) is 9.47 Å². The maximum Gasteiger partial charge on any atom is 0.309 e. The van der Waals surface area contributed by atoms with E-state index >= 15 is 0 Å². The first-order chi connectivity index (χ1) is 9.90. The summed E-state index contributed by atoms with van der Waals surface area (Å²) in [4.78, 5) is 23.2. The molecule has 1 aliphatic carbocycles. The third kappa shape index (κ3) is 2.13. The van der Waals surface area contributed by atoms with Crippen molar-refractivity contribution in [2.45, 2.75) is 46.6 Å². The fourth-order valence-electron chi connectivity index (χ4n) is 3.68. The van der Waals surface area contributed by atoms with Crippen LogP contribution >= 0.6 is 0 Å². The largest absolute Gasteiger partial charge is 0.457 e. The predicted molar refractivity (Wildman–Crippen MR) is 77.0 cm³/mol. The summed E-state index contributed by atoms with van der Waals surface area (Å²) < 4.78 is 10.9. The Hall–Kier alpha value is -1.84. The summed E-state index contributed by atoms with van der Waals surface area (Å²) in [6.07, 6.45) is 1.73. The zero-order chi connectivity index (χ0) is 15.3. The van der Waals surface area contributed by atoms with E-state index in [0.29, 0.717) is 5.75 Å². The topological polar surface area (TPSA) is 52.6 Å². The van der Waals surface area contributed by atoms with Crippen LogP contribution in [0.3, 0.4) is 0 Å². The lowest BCUT2D eigenvalue weighted by atomic mass is 9.74. The minimum Gasteiger partial charge on any atom is -0.457 e. The van der Waals surface area contributed by atoms with Crippen LogP contribution in [0.2, 0.25) is 0 Å². The molecule has 4 heteroatoms. The molecule has 0 bridgehead atoms. The van der Waals surface area contributed by atoms with Gasteiger partial charge in [0.05, 0.1) is 5.92 Å². The summed E-state index contributed by atoms with van der Waals surface area (Å²) in [5.41, 5.74) is 4.31. The molecular formula is C17H20O4. The van der Waals surface area contributed by atoms with Gasteiger partial charge in [0.1, 0.15) is 11.9 Å². The molecule has 0 unspecified atom stereocenters. The summed E-state index contributed by atoms with van der Waals surface area (Å²) in [7, 11) is 0. The molecular weight excluding hydrogens is 268 g/mol. The second kappa shape index (κ2) is 4.86. The molecule has 3 atom stereocenters. The van der Waals surface area contributed by atoms with Gasteiger partial charge in [0.25, 0.3) is 0 Å². The van der Waals surface area contributed by atoms with E-state index in [1.807, 2.05) is 26.8 Å². The molecule has 2 aliphatic rings. The van der Waals surface area contributed by atoms with Crippen molar-refractivity contribution in [2.75, 3.05) is 0 Å². The maximum absolute atomic E-state index is 11.9. The molecule has 0 N–H and O–H groups in total. The van der Waals surface area contributed by atoms with Crippen LogP contribution in [-0.4, -0.2) is 11.9 Å². The average Bonchev–Trinajstić information content (AvgIpc) is 2.70. The summed E-state index contributed by atoms with van der Waals surface area (Å²) in [6, 6.07) is 1.91. The first-order valence-electron chi connectivity index (χ1n) is 7.42. The third-order valence-corrected chi connectivity index (χ3v) is 4.83. The Balaban J connectivity index is 2.13. The number of fused-ring (bicyclic) bond motifs is 3. The van der Waals surface area contributed by atoms with Crippen molar-refractivity contribution in [1.82, 2.24) is 0 Å². The fourth-order valence-corrected chi connectivity index (χ4v) is 3.68. The van der Waals surface area contributed by atoms with Crippen LogP contribution in [0.25, 0.3) is 0 Å². The van der Waals surface area contributed by atoms with Gasteiger partial charge in [-0.1, -0.05) is 6.92 Å². The number of benzene rings is 1. The molecule has 1 heterocycles. The molecule has 0 spiro atoms. The lowest BCUT2D eigenvalue weighted by Gasteiger charge is -2.31. The zero-order valence-corrected chi connectivity index (χ0v) is 12.9. The molecule has 1 saturated heterocycles. The SMILES string of the molecule is CC(=O)Oc1cc(C)c2c(c1C)[C@H]1OC(=O)[C@H](C)[C@@H]1CC2. The quantitative estimate of drug-likeness (QED) is 0.589. The number of carbonyl (C=O) groups excluding carboxylic acids is 2. The van der Waals surface area contributed by atoms with Crippen LogP contribution in [0.5, 0.6) is 5.75 Å². The average molecular weight is 288 g/mol. The van der Waals surface area contributed by atoms with Crippen molar-refractivity contribution in [3.63, 3.8) is 0 Å². The summed E-state index contributed by atoms with van der Waals surface area (Å²) in [5, 5.41) is 0. The predicted octanol–water partition coefficient (Wildman–Crippen LogP) is 3.03. The minimum atomic E-state index is -0.332. The number of aryl methyl sites for hydroxylation is 1. The van der Waals surface area contributed by atoms with Gasteiger partial charge in [0.15, 0.2) is 0 Å². The zero-order valence-electron chi connectivity index (χ0n) is 12.9. The second-order valence-electron chi connectivity index (χ2n) is 6.15. The normalized spacial score (nSPS) is 26.9. The summed E-state index contributed by atoms with van der Waals surface area (Å²) in [6.45, 7) is 7.30. The summed E-state index contributed by atoms with van der Waals surface area (Å²) in [5.74, 6) is 0.306. The van der Waals surface area contributed by atoms with Gasteiger partial charge >= 0.3 is 11.9 Å². The van der Waals surface area contributed by atoms with Crippen LogP contribution < -0.4 is 4.74 Å². The lowest BCUT2D eigenvalue weighted by molar-refractivity contribution is -0.144. The molecule has 0 saturated carbocycles. The lowest BCUT2D eigenvalue weighted by Crippen LogP contribution is -2.23. The molecule has 1 aliphatic heterocycles. The molecule has 4 nitrogen and oxygen atoms in total. The van der Waals surface area contributed by atoms with E-state index in [-0.39, 0.29) is 29.9 Å². The Bertz CT molecular complexity index is 632. The molecule has 0 aromatic heterocycles. The number of hydrogen-bond donors (Lipinski definition) is 0. The van der Waals surface area contributed by atoms with Crippen molar-refractivity contribution in [2.24, 2.45) is 11.8 Å². The Morgan fingerprint density at radius 3 is 2.76 bits per heavy atom. The van der Waals surface area contributed by atoms with E-state index in [1.54, 1.807) is 0 Å². The fraction of sp³-hybridized carbons (Fsp3) is 0.529. The first kappa shape index (κ1) is 14.1. The smallest absolute Gasteiger partial charge is 0.309 e. The number of rotatable bonds is 1. The van der Waals surface area contributed by atoms with Crippen LogP contribution in [0, 0.1) is 25.7 Å². The Labute approximate surface area is 124 Å². The molecule has 1 aromatic carbocycles. The third-order valence-electron chi connectivity index (χ3n) is 4.83. The Morgan fingerprint density at radius 2 is 2.10 bits per heavy atom. The van der Waals surface area contributed by atoms with Crippen LogP contribution in [-0.2, 0) is 20.7 Å². The highest BCUT2D eigenvalue weighted by molar-refractivity contribution is 5.76. The monoisotopic (exact) mass is 288 g/mol. The number of ether oxygens (including phenoxy) is 2. The molecule has 21 heavy (non-hydrogen) atoms. The van der Waals surface area contributed by atoms with Crippen LogP contribution in [0.1, 0.15) is 48.6 Å².